The molecule has 1 unspecified atom stereocenters. The molecule has 1 amide bonds. The first-order valence-electron chi connectivity index (χ1n) is 6.40. The van der Waals surface area contributed by atoms with Crippen LogP contribution >= 0.6 is 0 Å². The zero-order chi connectivity index (χ0) is 12.0. The molecule has 17 heavy (non-hydrogen) atoms. The number of primary amides is 1. The van der Waals surface area contributed by atoms with E-state index in [9.17, 15) is 4.79 Å². The quantitative estimate of drug-likeness (QED) is 0.834. The van der Waals surface area contributed by atoms with Crippen LogP contribution in [0.25, 0.3) is 0 Å². The van der Waals surface area contributed by atoms with Gasteiger partial charge in [0.1, 0.15) is 0 Å². The molecule has 2 aliphatic carbocycles. The zero-order valence-corrected chi connectivity index (χ0v) is 10.1. The number of amides is 1. The summed E-state index contributed by atoms with van der Waals surface area (Å²) < 4.78 is 1.94. The first kappa shape index (κ1) is 10.7. The predicted molar refractivity (Wildman–Crippen MR) is 62.4 cm³/mol. The Kier molecular flexibility index (Phi) is 2.42. The lowest BCUT2D eigenvalue weighted by atomic mass is 10.1. The van der Waals surface area contributed by atoms with E-state index in [1.807, 2.05) is 4.68 Å². The van der Waals surface area contributed by atoms with E-state index in [1.54, 1.807) is 0 Å². The Hall–Kier alpha value is -1.39. The van der Waals surface area contributed by atoms with Gasteiger partial charge in [0.2, 0.25) is 0 Å². The van der Waals surface area contributed by atoms with E-state index in [4.69, 9.17) is 5.73 Å². The van der Waals surface area contributed by atoms with E-state index < -0.39 is 5.91 Å². The molecule has 0 aliphatic heterocycles. The van der Waals surface area contributed by atoms with Crippen LogP contribution in [0.4, 0.5) is 0 Å². The minimum Gasteiger partial charge on any atom is -0.364 e. The molecule has 0 bridgehead atoms. The topological polar surface area (TPSA) is 73.8 Å². The van der Waals surface area contributed by atoms with Crippen molar-refractivity contribution in [1.82, 2.24) is 15.0 Å². The second kappa shape index (κ2) is 3.82. The summed E-state index contributed by atoms with van der Waals surface area (Å²) in [5.41, 5.74) is 6.70. The van der Waals surface area contributed by atoms with Gasteiger partial charge in [0.25, 0.3) is 5.91 Å². The van der Waals surface area contributed by atoms with Crippen LogP contribution in [0.3, 0.4) is 0 Å². The van der Waals surface area contributed by atoms with Crippen LogP contribution in [0.5, 0.6) is 0 Å². The van der Waals surface area contributed by atoms with Gasteiger partial charge in [-0.2, -0.15) is 0 Å². The van der Waals surface area contributed by atoms with Crippen molar-refractivity contribution in [1.29, 1.82) is 0 Å². The van der Waals surface area contributed by atoms with Gasteiger partial charge >= 0.3 is 0 Å². The van der Waals surface area contributed by atoms with E-state index in [1.165, 1.54) is 25.7 Å². The summed E-state index contributed by atoms with van der Waals surface area (Å²) in [5, 5.41) is 8.11. The van der Waals surface area contributed by atoms with Crippen LogP contribution in [0.2, 0.25) is 0 Å². The Morgan fingerprint density at radius 1 is 1.47 bits per heavy atom. The summed E-state index contributed by atoms with van der Waals surface area (Å²) in [6.45, 7) is 2.16. The van der Waals surface area contributed by atoms with Gasteiger partial charge in [-0.25, -0.2) is 4.68 Å². The number of hydrogen-bond acceptors (Lipinski definition) is 3. The highest BCUT2D eigenvalue weighted by molar-refractivity contribution is 5.91. The van der Waals surface area contributed by atoms with E-state index in [0.717, 1.165) is 12.1 Å². The fraction of sp³-hybridized carbons (Fsp3) is 0.750. The maximum atomic E-state index is 11.4. The molecule has 3 rings (SSSR count). The number of aromatic nitrogens is 3. The van der Waals surface area contributed by atoms with Crippen molar-refractivity contribution in [3.8, 4) is 0 Å². The third-order valence-corrected chi connectivity index (χ3v) is 3.89. The smallest absolute Gasteiger partial charge is 0.271 e. The van der Waals surface area contributed by atoms with Gasteiger partial charge in [-0.3, -0.25) is 4.79 Å². The van der Waals surface area contributed by atoms with Gasteiger partial charge in [0, 0.05) is 0 Å². The lowest BCUT2D eigenvalue weighted by Crippen LogP contribution is -2.18. The molecule has 0 radical (unpaired) electrons. The molecule has 5 nitrogen and oxygen atoms in total. The molecule has 2 N–H and O–H groups in total. The Bertz CT molecular complexity index is 445. The fourth-order valence-electron chi connectivity index (χ4n) is 2.40. The predicted octanol–water partition coefficient (Wildman–Crippen LogP) is 1.30. The van der Waals surface area contributed by atoms with Crippen molar-refractivity contribution < 1.29 is 4.79 Å². The maximum Gasteiger partial charge on any atom is 0.271 e. The SMILES string of the molecule is CC(C1CC1)n1nnc(C(N)=O)c1CC1CC1. The van der Waals surface area contributed by atoms with Gasteiger partial charge < -0.3 is 5.73 Å². The summed E-state index contributed by atoms with van der Waals surface area (Å²) in [7, 11) is 0. The molecule has 0 spiro atoms. The number of rotatable bonds is 5. The summed E-state index contributed by atoms with van der Waals surface area (Å²) in [6.07, 6.45) is 5.93. The van der Waals surface area contributed by atoms with Crippen molar-refractivity contribution >= 4 is 5.91 Å². The first-order chi connectivity index (χ1) is 8.16. The second-order valence-electron chi connectivity index (χ2n) is 5.42. The number of nitrogens with zero attached hydrogens (tertiary/aromatic N) is 3. The van der Waals surface area contributed by atoms with Crippen molar-refractivity contribution in [3.63, 3.8) is 0 Å². The number of nitrogens with two attached hydrogens (primary N) is 1. The van der Waals surface area contributed by atoms with Gasteiger partial charge in [0.15, 0.2) is 5.69 Å². The van der Waals surface area contributed by atoms with Crippen molar-refractivity contribution in [2.45, 2.75) is 45.1 Å². The van der Waals surface area contributed by atoms with E-state index >= 15 is 0 Å². The lowest BCUT2D eigenvalue weighted by molar-refractivity contribution is 0.0994. The van der Waals surface area contributed by atoms with E-state index in [0.29, 0.717) is 23.6 Å². The monoisotopic (exact) mass is 234 g/mol. The fourth-order valence-corrected chi connectivity index (χ4v) is 2.40. The molecule has 5 heteroatoms. The summed E-state index contributed by atoms with van der Waals surface area (Å²) in [4.78, 5) is 11.4. The molecule has 92 valence electrons. The highest BCUT2D eigenvalue weighted by Gasteiger charge is 2.34. The Balaban J connectivity index is 1.91. The van der Waals surface area contributed by atoms with Gasteiger partial charge in [0.05, 0.1) is 11.7 Å². The van der Waals surface area contributed by atoms with Crippen LogP contribution in [0.15, 0.2) is 0 Å². The summed E-state index contributed by atoms with van der Waals surface area (Å²) in [6, 6.07) is 0.351. The molecule has 0 saturated heterocycles. The number of hydrogen-bond donors (Lipinski definition) is 1. The molecular formula is C12H18N4O. The van der Waals surface area contributed by atoms with E-state index in [-0.39, 0.29) is 0 Å². The highest BCUT2D eigenvalue weighted by atomic mass is 16.1. The molecular weight excluding hydrogens is 216 g/mol. The molecule has 2 fully saturated rings. The molecule has 1 atom stereocenters. The summed E-state index contributed by atoms with van der Waals surface area (Å²) in [5.74, 6) is 0.960. The Labute approximate surface area is 100 Å². The van der Waals surface area contributed by atoms with Gasteiger partial charge in [-0.15, -0.1) is 5.10 Å². The third kappa shape index (κ3) is 2.06. The number of carbonyl (C=O) groups excluding carboxylic acids is 1. The van der Waals surface area contributed by atoms with Gasteiger partial charge in [-0.1, -0.05) is 5.21 Å². The first-order valence-corrected chi connectivity index (χ1v) is 6.40. The van der Waals surface area contributed by atoms with Crippen molar-refractivity contribution in [3.05, 3.63) is 11.4 Å². The standard InChI is InChI=1S/C12H18N4O/c1-7(9-4-5-9)16-10(6-8-2-3-8)11(12(13)17)14-15-16/h7-9H,2-6H2,1H3,(H2,13,17). The molecule has 1 aromatic heterocycles. The Morgan fingerprint density at radius 2 is 2.18 bits per heavy atom. The highest BCUT2D eigenvalue weighted by Crippen LogP contribution is 2.41. The van der Waals surface area contributed by atoms with Crippen LogP contribution < -0.4 is 5.73 Å². The van der Waals surface area contributed by atoms with Gasteiger partial charge in [-0.05, 0) is 50.9 Å². The van der Waals surface area contributed by atoms with Crippen LogP contribution in [-0.4, -0.2) is 20.9 Å². The van der Waals surface area contributed by atoms with Crippen molar-refractivity contribution in [2.24, 2.45) is 17.6 Å². The zero-order valence-electron chi connectivity index (χ0n) is 10.1. The third-order valence-electron chi connectivity index (χ3n) is 3.89. The average molecular weight is 234 g/mol. The maximum absolute atomic E-state index is 11.4. The Morgan fingerprint density at radius 3 is 2.71 bits per heavy atom. The normalized spacial score (nSPS) is 21.5. The lowest BCUT2D eigenvalue weighted by Gasteiger charge is -2.13. The van der Waals surface area contributed by atoms with Crippen LogP contribution in [-0.2, 0) is 6.42 Å². The minimum atomic E-state index is -0.449. The largest absolute Gasteiger partial charge is 0.364 e. The molecule has 2 aliphatic rings. The average Bonchev–Trinajstić information content (AvgIpc) is 3.14. The molecule has 1 heterocycles. The second-order valence-corrected chi connectivity index (χ2v) is 5.42. The van der Waals surface area contributed by atoms with Crippen molar-refractivity contribution in [2.75, 3.05) is 0 Å². The molecule has 1 aromatic rings. The molecule has 0 aromatic carbocycles. The van der Waals surface area contributed by atoms with E-state index in [2.05, 4.69) is 17.2 Å². The van der Waals surface area contributed by atoms with Crippen LogP contribution in [0.1, 0.15) is 54.8 Å². The number of carbonyl (C=O) groups is 1. The molecule has 2 saturated carbocycles. The summed E-state index contributed by atoms with van der Waals surface area (Å²) >= 11 is 0. The van der Waals surface area contributed by atoms with Crippen LogP contribution in [0, 0.1) is 11.8 Å². The minimum absolute atomic E-state index is 0.351.